The van der Waals surface area contributed by atoms with Gasteiger partial charge in [0.2, 0.25) is 5.96 Å². The van der Waals surface area contributed by atoms with Crippen LogP contribution in [-0.2, 0) is 5.41 Å². The first kappa shape index (κ1) is 26.7. The molecule has 3 heteroatoms. The molecule has 2 aliphatic rings. The third-order valence-corrected chi connectivity index (χ3v) is 9.84. The Kier molecular flexibility index (Phi) is 5.91. The summed E-state index contributed by atoms with van der Waals surface area (Å²) in [4.78, 5) is 5.46. The van der Waals surface area contributed by atoms with Crippen LogP contribution in [0.25, 0.3) is 49.8 Å². The van der Waals surface area contributed by atoms with Gasteiger partial charge >= 0.3 is 0 Å². The number of nitrogens with one attached hydrogen (secondary N) is 1. The zero-order chi connectivity index (χ0) is 30.8. The van der Waals surface area contributed by atoms with Crippen LogP contribution in [0, 0.1) is 0 Å². The number of aliphatic imine (C=N–C) groups is 1. The van der Waals surface area contributed by atoms with Crippen LogP contribution >= 0.6 is 0 Å². The quantitative estimate of drug-likeness (QED) is 0.218. The number of hydrogen-bond donors (Lipinski definition) is 1. The molecule has 1 aromatic heterocycles. The summed E-state index contributed by atoms with van der Waals surface area (Å²) in [5.74, 6) is 0.827. The molecule has 0 amide bonds. The molecule has 1 aliphatic heterocycles. The molecule has 0 saturated heterocycles. The van der Waals surface area contributed by atoms with Gasteiger partial charge in [-0.2, -0.15) is 0 Å². The van der Waals surface area contributed by atoms with E-state index in [1.165, 1.54) is 44.2 Å². The molecule has 1 N–H and O–H groups in total. The van der Waals surface area contributed by atoms with Gasteiger partial charge in [-0.05, 0) is 74.8 Å². The van der Waals surface area contributed by atoms with Crippen LogP contribution in [0.5, 0.6) is 0 Å². The molecule has 6 aromatic carbocycles. The summed E-state index contributed by atoms with van der Waals surface area (Å²) in [5, 5.41) is 6.26. The molecule has 0 radical (unpaired) electrons. The number of fused-ring (bicyclic) bond motifs is 6. The highest BCUT2D eigenvalue weighted by Gasteiger charge is 2.36. The van der Waals surface area contributed by atoms with E-state index in [4.69, 9.17) is 4.99 Å². The molecule has 0 saturated carbocycles. The first-order valence-corrected chi connectivity index (χ1v) is 16.0. The molecule has 1 aliphatic carbocycles. The molecule has 9 rings (SSSR count). The monoisotopic (exact) mass is 591 g/mol. The zero-order valence-electron chi connectivity index (χ0n) is 25.9. The molecule has 0 spiro atoms. The van der Waals surface area contributed by atoms with Gasteiger partial charge in [0.1, 0.15) is 0 Å². The van der Waals surface area contributed by atoms with Crippen molar-refractivity contribution in [1.29, 1.82) is 0 Å². The van der Waals surface area contributed by atoms with Gasteiger partial charge in [0, 0.05) is 21.9 Å². The Morgan fingerprint density at radius 1 is 0.565 bits per heavy atom. The van der Waals surface area contributed by atoms with Crippen molar-refractivity contribution >= 4 is 33.5 Å². The molecule has 3 nitrogen and oxygen atoms in total. The highest BCUT2D eigenvalue weighted by atomic mass is 15.2. The van der Waals surface area contributed by atoms with Gasteiger partial charge in [-0.15, -0.1) is 0 Å². The Morgan fingerprint density at radius 3 is 2.09 bits per heavy atom. The lowest BCUT2D eigenvalue weighted by Gasteiger charge is -2.25. The Morgan fingerprint density at radius 2 is 1.26 bits per heavy atom. The maximum absolute atomic E-state index is 5.46. The Balaban J connectivity index is 1.27. The van der Waals surface area contributed by atoms with Crippen LogP contribution in [-0.4, -0.2) is 10.5 Å². The third kappa shape index (κ3) is 4.09. The second-order valence-electron chi connectivity index (χ2n) is 12.9. The fraction of sp³-hybridized carbons (Fsp3) is 0.0930. The van der Waals surface area contributed by atoms with E-state index < -0.39 is 0 Å². The predicted octanol–water partition coefficient (Wildman–Crippen LogP) is 10.4. The summed E-state index contributed by atoms with van der Waals surface area (Å²) >= 11 is 0. The number of aromatic nitrogens is 1. The van der Waals surface area contributed by atoms with Gasteiger partial charge < -0.3 is 5.32 Å². The van der Waals surface area contributed by atoms with Crippen LogP contribution in [0.3, 0.4) is 0 Å². The molecule has 0 bridgehead atoms. The van der Waals surface area contributed by atoms with Crippen molar-refractivity contribution in [3.8, 4) is 22.3 Å². The number of para-hydroxylation sites is 1. The van der Waals surface area contributed by atoms with E-state index in [9.17, 15) is 0 Å². The molecular weight excluding hydrogens is 558 g/mol. The van der Waals surface area contributed by atoms with Gasteiger partial charge in [-0.3, -0.25) is 4.57 Å². The van der Waals surface area contributed by atoms with E-state index in [0.29, 0.717) is 0 Å². The van der Waals surface area contributed by atoms with E-state index in [-0.39, 0.29) is 11.5 Å². The number of benzene rings is 6. The van der Waals surface area contributed by atoms with Crippen molar-refractivity contribution in [3.05, 3.63) is 174 Å². The maximum atomic E-state index is 5.46. The van der Waals surface area contributed by atoms with Crippen molar-refractivity contribution < 1.29 is 0 Å². The summed E-state index contributed by atoms with van der Waals surface area (Å²) in [6.45, 7) is 4.70. The fourth-order valence-electron chi connectivity index (χ4n) is 7.52. The first-order valence-electron chi connectivity index (χ1n) is 16.0. The van der Waals surface area contributed by atoms with Crippen molar-refractivity contribution in [2.75, 3.05) is 0 Å². The smallest absolute Gasteiger partial charge is 0.208 e. The normalized spacial score (nSPS) is 16.4. The lowest BCUT2D eigenvalue weighted by molar-refractivity contribution is 0.661. The standard InChI is InChI=1S/C43H33N3/c1-43(2)36-22-11-9-20-32(36)34-26-41-35(25-37(34)43)33-21-10-12-23-40(33)46(41)42-44-38(29-16-7-4-8-17-29)27-39(45-42)31-19-13-18-30(24-31)28-14-5-3-6-15-28/h3-27,39H,1-2H3,(H,44,45). The van der Waals surface area contributed by atoms with Gasteiger partial charge in [0.15, 0.2) is 0 Å². The van der Waals surface area contributed by atoms with Gasteiger partial charge in [-0.1, -0.05) is 135 Å². The third-order valence-electron chi connectivity index (χ3n) is 9.84. The minimum Gasteiger partial charge on any atom is -0.325 e. The fourth-order valence-corrected chi connectivity index (χ4v) is 7.52. The van der Waals surface area contributed by atoms with Crippen molar-refractivity contribution in [3.63, 3.8) is 0 Å². The first-order chi connectivity index (χ1) is 22.6. The summed E-state index contributed by atoms with van der Waals surface area (Å²) < 4.78 is 2.34. The lowest BCUT2D eigenvalue weighted by atomic mass is 9.82. The highest BCUT2D eigenvalue weighted by molar-refractivity contribution is 6.16. The molecule has 220 valence electrons. The molecule has 7 aromatic rings. The average Bonchev–Trinajstić information content (AvgIpc) is 3.56. The number of hydrogen-bond acceptors (Lipinski definition) is 2. The topological polar surface area (TPSA) is 29.3 Å². The second kappa shape index (κ2) is 10.2. The highest BCUT2D eigenvalue weighted by Crippen LogP contribution is 2.50. The van der Waals surface area contributed by atoms with Gasteiger partial charge in [0.25, 0.3) is 0 Å². The van der Waals surface area contributed by atoms with E-state index in [2.05, 4.69) is 175 Å². The molecule has 46 heavy (non-hydrogen) atoms. The molecule has 2 heterocycles. The maximum Gasteiger partial charge on any atom is 0.208 e. The van der Waals surface area contributed by atoms with Crippen molar-refractivity contribution in [2.45, 2.75) is 25.3 Å². The summed E-state index contributed by atoms with van der Waals surface area (Å²) in [6, 6.07) is 52.2. The Bertz CT molecular complexity index is 2360. The van der Waals surface area contributed by atoms with Crippen molar-refractivity contribution in [1.82, 2.24) is 9.88 Å². The molecule has 1 unspecified atom stereocenters. The average molecular weight is 592 g/mol. The van der Waals surface area contributed by atoms with Crippen LogP contribution in [0.15, 0.2) is 157 Å². The predicted molar refractivity (Wildman–Crippen MR) is 192 cm³/mol. The Hall–Kier alpha value is -5.67. The van der Waals surface area contributed by atoms with E-state index in [1.54, 1.807) is 0 Å². The van der Waals surface area contributed by atoms with Crippen LogP contribution in [0.1, 0.15) is 42.1 Å². The largest absolute Gasteiger partial charge is 0.325 e. The minimum atomic E-state index is -0.166. The Labute approximate surface area is 269 Å². The second-order valence-corrected chi connectivity index (χ2v) is 12.9. The summed E-state index contributed by atoms with van der Waals surface area (Å²) in [7, 11) is 0. The van der Waals surface area contributed by atoms with E-state index >= 15 is 0 Å². The van der Waals surface area contributed by atoms with Gasteiger partial charge in [0.05, 0.1) is 17.1 Å². The van der Waals surface area contributed by atoms with Crippen LogP contribution in [0.4, 0.5) is 0 Å². The number of rotatable bonds is 3. The van der Waals surface area contributed by atoms with E-state index in [1.807, 2.05) is 0 Å². The van der Waals surface area contributed by atoms with Gasteiger partial charge in [-0.25, -0.2) is 4.99 Å². The SMILES string of the molecule is CC1(C)c2ccccc2-c2cc3c(cc21)c1ccccc1n3C1=NC(c2cccc(-c3ccccc3)c2)C=C(c2ccccc2)N1. The molecule has 1 atom stereocenters. The molecular formula is C43H33N3. The molecule has 0 fully saturated rings. The number of nitrogens with zero attached hydrogens (tertiary/aromatic N) is 2. The van der Waals surface area contributed by atoms with E-state index in [0.717, 1.165) is 33.8 Å². The minimum absolute atomic E-state index is 0.0675. The van der Waals surface area contributed by atoms with Crippen LogP contribution in [0.2, 0.25) is 0 Å². The summed E-state index contributed by atoms with van der Waals surface area (Å²) in [6.07, 6.45) is 2.26. The zero-order valence-corrected chi connectivity index (χ0v) is 25.9. The lowest BCUT2D eigenvalue weighted by Crippen LogP contribution is -2.32. The summed E-state index contributed by atoms with van der Waals surface area (Å²) in [5.41, 5.74) is 13.4. The van der Waals surface area contributed by atoms with Crippen molar-refractivity contribution in [2.24, 2.45) is 4.99 Å². The van der Waals surface area contributed by atoms with Crippen LogP contribution < -0.4 is 5.32 Å².